The molecule has 3 fully saturated rings. The maximum atomic E-state index is 13.1. The molecule has 0 spiro atoms. The lowest BCUT2D eigenvalue weighted by Gasteiger charge is -2.40. The van der Waals surface area contributed by atoms with E-state index in [-0.39, 0.29) is 17.9 Å². The van der Waals surface area contributed by atoms with Crippen molar-refractivity contribution < 1.29 is 14.3 Å². The van der Waals surface area contributed by atoms with Gasteiger partial charge in [0, 0.05) is 30.4 Å². The van der Waals surface area contributed by atoms with Crippen LogP contribution >= 0.6 is 0 Å². The maximum Gasteiger partial charge on any atom is 0.263 e. The Bertz CT molecular complexity index is 1120. The Kier molecular flexibility index (Phi) is 6.10. The minimum Gasteiger partial charge on any atom is -0.478 e. The first-order valence-electron chi connectivity index (χ1n) is 12.4. The number of hydrogen-bond acceptors (Lipinski definition) is 6. The number of piperidine rings is 1. The third-order valence-electron chi connectivity index (χ3n) is 7.16. The number of rotatable bonds is 7. The largest absolute Gasteiger partial charge is 0.478 e. The molecular weight excluding hydrogens is 442 g/mol. The monoisotopic (exact) mass is 473 g/mol. The third-order valence-corrected chi connectivity index (χ3v) is 7.16. The van der Waals surface area contributed by atoms with Gasteiger partial charge >= 0.3 is 0 Å². The number of carbonyl (C=O) groups is 2. The molecule has 5 rings (SSSR count). The first kappa shape index (κ1) is 23.2. The van der Waals surface area contributed by atoms with Gasteiger partial charge in [-0.1, -0.05) is 0 Å². The van der Waals surface area contributed by atoms with Crippen molar-refractivity contribution in [3.8, 4) is 11.8 Å². The quantitative estimate of drug-likeness (QED) is 0.639. The van der Waals surface area contributed by atoms with E-state index < -0.39 is 5.60 Å². The number of nitrogens with one attached hydrogen (secondary N) is 2. The molecule has 182 valence electrons. The van der Waals surface area contributed by atoms with Gasteiger partial charge in [0.2, 0.25) is 0 Å². The van der Waals surface area contributed by atoms with Gasteiger partial charge in [-0.2, -0.15) is 5.26 Å². The second-order valence-electron chi connectivity index (χ2n) is 10.3. The summed E-state index contributed by atoms with van der Waals surface area (Å²) in [6, 6.07) is 13.7. The first-order chi connectivity index (χ1) is 16.8. The number of amides is 2. The van der Waals surface area contributed by atoms with Gasteiger partial charge < -0.3 is 20.3 Å². The van der Waals surface area contributed by atoms with E-state index in [9.17, 15) is 9.59 Å². The minimum atomic E-state index is -1.04. The van der Waals surface area contributed by atoms with Gasteiger partial charge in [0.1, 0.15) is 11.6 Å². The fourth-order valence-corrected chi connectivity index (χ4v) is 5.14. The van der Waals surface area contributed by atoms with Gasteiger partial charge in [0.05, 0.1) is 17.2 Å². The van der Waals surface area contributed by atoms with E-state index in [2.05, 4.69) is 26.6 Å². The highest BCUT2D eigenvalue weighted by Crippen LogP contribution is 2.38. The molecule has 1 saturated carbocycles. The topological polar surface area (TPSA) is 107 Å². The lowest BCUT2D eigenvalue weighted by Crippen LogP contribution is -2.55. The van der Waals surface area contributed by atoms with Crippen LogP contribution in [-0.4, -0.2) is 46.6 Å². The van der Waals surface area contributed by atoms with Gasteiger partial charge in [-0.15, -0.1) is 0 Å². The predicted octanol–water partition coefficient (Wildman–Crippen LogP) is 3.32. The van der Waals surface area contributed by atoms with Crippen molar-refractivity contribution in [2.75, 3.05) is 4.90 Å². The van der Waals surface area contributed by atoms with Crippen LogP contribution in [0.4, 0.5) is 5.82 Å². The Hall–Kier alpha value is -3.60. The van der Waals surface area contributed by atoms with Crippen LogP contribution in [0, 0.1) is 11.3 Å². The number of pyridine rings is 1. The lowest BCUT2D eigenvalue weighted by atomic mass is 9.96. The molecule has 2 bridgehead atoms. The summed E-state index contributed by atoms with van der Waals surface area (Å²) in [5, 5.41) is 15.2. The molecule has 2 amide bonds. The van der Waals surface area contributed by atoms with Crippen LogP contribution in [0.2, 0.25) is 0 Å². The summed E-state index contributed by atoms with van der Waals surface area (Å²) in [5.41, 5.74) is 0.107. The standard InChI is InChI=1S/C27H31N5O3/c1-27(2,35-23-10-3-17(15-28)4-11-23)26(34)31-20-13-21-8-9-22(14-20)32(21)24-12-5-18(16-29-24)25(33)30-19-6-7-19/h3-5,10-12,16,19-22H,6-9,13-14H2,1-2H3,(H,30,33)(H,31,34)/t20?,21-,22+. The number of anilines is 1. The van der Waals surface area contributed by atoms with Gasteiger partial charge in [0.15, 0.2) is 5.60 Å². The Morgan fingerprint density at radius 1 is 1.00 bits per heavy atom. The highest BCUT2D eigenvalue weighted by molar-refractivity contribution is 5.94. The molecular formula is C27H31N5O3. The number of nitriles is 1. The SMILES string of the molecule is CC(C)(Oc1ccc(C#N)cc1)C(=O)NC1C[C@H]2CC[C@@H](C1)N2c1ccc(C(=O)NC2CC2)cn1. The molecule has 1 aromatic heterocycles. The minimum absolute atomic E-state index is 0.0539. The second kappa shape index (κ2) is 9.21. The average Bonchev–Trinajstić information content (AvgIpc) is 3.62. The molecule has 2 aromatic rings. The molecule has 1 aliphatic carbocycles. The van der Waals surface area contributed by atoms with Crippen LogP contribution in [0.5, 0.6) is 5.75 Å². The number of ether oxygens (including phenoxy) is 1. The van der Waals surface area contributed by atoms with Crippen LogP contribution in [0.15, 0.2) is 42.6 Å². The fourth-order valence-electron chi connectivity index (χ4n) is 5.14. The molecule has 2 aliphatic heterocycles. The number of benzene rings is 1. The van der Waals surface area contributed by atoms with Gasteiger partial charge in [-0.25, -0.2) is 4.98 Å². The van der Waals surface area contributed by atoms with Crippen molar-refractivity contribution in [3.63, 3.8) is 0 Å². The van der Waals surface area contributed by atoms with Crippen molar-refractivity contribution >= 4 is 17.6 Å². The molecule has 1 aromatic carbocycles. The zero-order valence-electron chi connectivity index (χ0n) is 20.2. The normalized spacial score (nSPS) is 23.3. The van der Waals surface area contributed by atoms with E-state index in [0.29, 0.717) is 35.0 Å². The molecule has 3 heterocycles. The molecule has 3 aliphatic rings. The highest BCUT2D eigenvalue weighted by atomic mass is 16.5. The van der Waals surface area contributed by atoms with Gasteiger partial charge in [0.25, 0.3) is 11.8 Å². The molecule has 8 nitrogen and oxygen atoms in total. The molecule has 35 heavy (non-hydrogen) atoms. The maximum absolute atomic E-state index is 13.1. The summed E-state index contributed by atoms with van der Waals surface area (Å²) in [6.07, 6.45) is 7.61. The van der Waals surface area contributed by atoms with Gasteiger partial charge in [-0.05, 0) is 88.8 Å². The first-order valence-corrected chi connectivity index (χ1v) is 12.4. The van der Waals surface area contributed by atoms with E-state index >= 15 is 0 Å². The Morgan fingerprint density at radius 3 is 2.26 bits per heavy atom. The number of carbonyl (C=O) groups excluding carboxylic acids is 2. The van der Waals surface area contributed by atoms with Crippen LogP contribution in [0.3, 0.4) is 0 Å². The third kappa shape index (κ3) is 5.09. The van der Waals surface area contributed by atoms with Crippen molar-refractivity contribution in [1.82, 2.24) is 15.6 Å². The van der Waals surface area contributed by atoms with Crippen LogP contribution < -0.4 is 20.3 Å². The molecule has 2 saturated heterocycles. The predicted molar refractivity (Wildman–Crippen MR) is 131 cm³/mol. The second-order valence-corrected chi connectivity index (χ2v) is 10.3. The van der Waals surface area contributed by atoms with E-state index in [1.807, 2.05) is 12.1 Å². The Balaban J connectivity index is 1.18. The number of nitrogens with zero attached hydrogens (tertiary/aromatic N) is 3. The summed E-state index contributed by atoms with van der Waals surface area (Å²) in [4.78, 5) is 32.3. The van der Waals surface area contributed by atoms with Crippen molar-refractivity contribution in [1.29, 1.82) is 5.26 Å². The van der Waals surface area contributed by atoms with Crippen LogP contribution in [0.25, 0.3) is 0 Å². The number of aromatic nitrogens is 1. The summed E-state index contributed by atoms with van der Waals surface area (Å²) in [6.45, 7) is 3.52. The zero-order chi connectivity index (χ0) is 24.6. The summed E-state index contributed by atoms with van der Waals surface area (Å²) >= 11 is 0. The number of hydrogen-bond donors (Lipinski definition) is 2. The average molecular weight is 474 g/mol. The van der Waals surface area contributed by atoms with E-state index in [1.54, 1.807) is 44.3 Å². The molecule has 1 unspecified atom stereocenters. The molecule has 0 radical (unpaired) electrons. The van der Waals surface area contributed by atoms with E-state index in [0.717, 1.165) is 44.3 Å². The summed E-state index contributed by atoms with van der Waals surface area (Å²) in [7, 11) is 0. The van der Waals surface area contributed by atoms with Crippen molar-refractivity contribution in [2.24, 2.45) is 0 Å². The fraction of sp³-hybridized carbons (Fsp3) is 0.481. The molecule has 2 N–H and O–H groups in total. The lowest BCUT2D eigenvalue weighted by molar-refractivity contribution is -0.135. The number of fused-ring (bicyclic) bond motifs is 2. The highest BCUT2D eigenvalue weighted by Gasteiger charge is 2.43. The molecule has 8 heteroatoms. The van der Waals surface area contributed by atoms with Crippen LogP contribution in [0.1, 0.15) is 68.3 Å². The van der Waals surface area contributed by atoms with Crippen molar-refractivity contribution in [3.05, 3.63) is 53.7 Å². The van der Waals surface area contributed by atoms with Crippen molar-refractivity contribution in [2.45, 2.75) is 82.1 Å². The molecule has 3 atom stereocenters. The Morgan fingerprint density at radius 2 is 1.69 bits per heavy atom. The Labute approximate surface area is 205 Å². The van der Waals surface area contributed by atoms with E-state index in [4.69, 9.17) is 10.00 Å². The smallest absolute Gasteiger partial charge is 0.263 e. The zero-order valence-corrected chi connectivity index (χ0v) is 20.2. The summed E-state index contributed by atoms with van der Waals surface area (Å²) < 4.78 is 5.95. The van der Waals surface area contributed by atoms with Crippen LogP contribution in [-0.2, 0) is 4.79 Å². The van der Waals surface area contributed by atoms with Gasteiger partial charge in [-0.3, -0.25) is 9.59 Å². The van der Waals surface area contributed by atoms with E-state index in [1.165, 1.54) is 0 Å². The summed E-state index contributed by atoms with van der Waals surface area (Å²) in [5.74, 6) is 1.25.